The van der Waals surface area contributed by atoms with Gasteiger partial charge < -0.3 is 9.53 Å². The van der Waals surface area contributed by atoms with Gasteiger partial charge in [0, 0.05) is 18.8 Å². The molecule has 0 heterocycles. The molecular weight excluding hydrogens is 348 g/mol. The fourth-order valence-electron chi connectivity index (χ4n) is 3.00. The van der Waals surface area contributed by atoms with Crippen LogP contribution >= 0.6 is 0 Å². The number of unbranched alkanes of at least 4 members (excludes halogenated alkanes) is 2. The second kappa shape index (κ2) is 12.5. The fourth-order valence-corrected chi connectivity index (χ4v) is 3.00. The molecule has 0 saturated heterocycles. The van der Waals surface area contributed by atoms with Gasteiger partial charge in [0.2, 0.25) is 0 Å². The number of carbonyl (C=O) groups is 2. The van der Waals surface area contributed by atoms with Crippen LogP contribution in [-0.2, 0) is 16.0 Å². The third-order valence-electron chi connectivity index (χ3n) is 4.57. The van der Waals surface area contributed by atoms with Gasteiger partial charge in [0.25, 0.3) is 0 Å². The standard InChI is InChI=1S/C25H28O3/c1-2-3-4-11-18-24(28-25(27)22-15-9-6-10-16-22)23(17-12-19-26)20-21-13-7-5-8-14-21/h5-10,13-16,19,23-24H,2-4,12,17,20H2,1H3. The van der Waals surface area contributed by atoms with Gasteiger partial charge in [-0.05, 0) is 37.0 Å². The Morgan fingerprint density at radius 1 is 1.07 bits per heavy atom. The maximum Gasteiger partial charge on any atom is 0.339 e. The van der Waals surface area contributed by atoms with Crippen LogP contribution < -0.4 is 0 Å². The van der Waals surface area contributed by atoms with E-state index in [1.54, 1.807) is 12.1 Å². The maximum atomic E-state index is 12.6. The molecule has 3 heteroatoms. The highest BCUT2D eigenvalue weighted by atomic mass is 16.5. The molecule has 0 bridgehead atoms. The topological polar surface area (TPSA) is 43.4 Å². The summed E-state index contributed by atoms with van der Waals surface area (Å²) in [7, 11) is 0. The zero-order valence-corrected chi connectivity index (χ0v) is 16.5. The molecule has 0 aliphatic rings. The predicted octanol–water partition coefficient (Wildman–Crippen LogP) is 5.24. The van der Waals surface area contributed by atoms with Crippen LogP contribution in [0.4, 0.5) is 0 Å². The van der Waals surface area contributed by atoms with Crippen LogP contribution in [0.15, 0.2) is 60.7 Å². The number of rotatable bonds is 10. The lowest BCUT2D eigenvalue weighted by molar-refractivity contribution is -0.108. The van der Waals surface area contributed by atoms with E-state index < -0.39 is 6.10 Å². The SMILES string of the molecule is CCCCC#CC(OC(=O)c1ccccc1)C(CCC=O)Cc1ccccc1. The van der Waals surface area contributed by atoms with E-state index in [0.717, 1.165) is 31.1 Å². The normalized spacial score (nSPS) is 12.3. The van der Waals surface area contributed by atoms with E-state index in [-0.39, 0.29) is 11.9 Å². The monoisotopic (exact) mass is 376 g/mol. The van der Waals surface area contributed by atoms with Crippen molar-refractivity contribution >= 4 is 12.3 Å². The molecule has 146 valence electrons. The van der Waals surface area contributed by atoms with Crippen LogP contribution in [0.25, 0.3) is 0 Å². The van der Waals surface area contributed by atoms with Gasteiger partial charge >= 0.3 is 5.97 Å². The highest BCUT2D eigenvalue weighted by molar-refractivity contribution is 5.89. The first-order chi connectivity index (χ1) is 13.7. The summed E-state index contributed by atoms with van der Waals surface area (Å²) in [6.45, 7) is 2.12. The maximum absolute atomic E-state index is 12.6. The summed E-state index contributed by atoms with van der Waals surface area (Å²) < 4.78 is 5.82. The van der Waals surface area contributed by atoms with Gasteiger partial charge in [-0.2, -0.15) is 0 Å². The van der Waals surface area contributed by atoms with Gasteiger partial charge in [0.05, 0.1) is 5.56 Å². The molecule has 0 radical (unpaired) electrons. The Morgan fingerprint density at radius 3 is 2.39 bits per heavy atom. The molecule has 0 aliphatic heterocycles. The van der Waals surface area contributed by atoms with Gasteiger partial charge in [-0.25, -0.2) is 4.79 Å². The summed E-state index contributed by atoms with van der Waals surface area (Å²) in [6.07, 6.45) is 5.02. The van der Waals surface area contributed by atoms with Gasteiger partial charge in [-0.3, -0.25) is 0 Å². The van der Waals surface area contributed by atoms with Crippen LogP contribution in [0.2, 0.25) is 0 Å². The number of aldehydes is 1. The Kier molecular flexibility index (Phi) is 9.58. The summed E-state index contributed by atoms with van der Waals surface area (Å²) in [6, 6.07) is 19.0. The van der Waals surface area contributed by atoms with Crippen LogP contribution in [0.5, 0.6) is 0 Å². The van der Waals surface area contributed by atoms with Gasteiger partial charge in [0.1, 0.15) is 6.29 Å². The molecule has 0 amide bonds. The summed E-state index contributed by atoms with van der Waals surface area (Å²) in [4.78, 5) is 23.6. The van der Waals surface area contributed by atoms with Crippen molar-refractivity contribution in [3.8, 4) is 11.8 Å². The van der Waals surface area contributed by atoms with Crippen molar-refractivity contribution in [2.75, 3.05) is 0 Å². The van der Waals surface area contributed by atoms with E-state index in [2.05, 4.69) is 30.9 Å². The number of esters is 1. The molecule has 0 fully saturated rings. The Hall–Kier alpha value is -2.86. The molecule has 0 spiro atoms. The fraction of sp³-hybridized carbons (Fsp3) is 0.360. The molecular formula is C25H28O3. The van der Waals surface area contributed by atoms with Crippen molar-refractivity contribution in [2.45, 2.75) is 51.6 Å². The number of hydrogen-bond donors (Lipinski definition) is 0. The van der Waals surface area contributed by atoms with Gasteiger partial charge in [0.15, 0.2) is 6.10 Å². The largest absolute Gasteiger partial charge is 0.445 e. The van der Waals surface area contributed by atoms with E-state index in [1.165, 1.54) is 0 Å². The Labute approximate surface area is 168 Å². The molecule has 0 aromatic heterocycles. The highest BCUT2D eigenvalue weighted by Crippen LogP contribution is 2.21. The van der Waals surface area contributed by atoms with Crippen LogP contribution in [0.3, 0.4) is 0 Å². The van der Waals surface area contributed by atoms with Crippen LogP contribution in [0.1, 0.15) is 54.9 Å². The lowest BCUT2D eigenvalue weighted by Gasteiger charge is -2.23. The minimum absolute atomic E-state index is 0.0330. The zero-order chi connectivity index (χ0) is 20.0. The lowest BCUT2D eigenvalue weighted by atomic mass is 9.90. The van der Waals surface area contributed by atoms with Crippen LogP contribution in [-0.4, -0.2) is 18.4 Å². The first kappa shape index (κ1) is 21.4. The minimum atomic E-state index is -0.537. The predicted molar refractivity (Wildman–Crippen MR) is 112 cm³/mol. The molecule has 2 atom stereocenters. The lowest BCUT2D eigenvalue weighted by Crippen LogP contribution is -2.28. The molecule has 3 nitrogen and oxygen atoms in total. The highest BCUT2D eigenvalue weighted by Gasteiger charge is 2.24. The van der Waals surface area contributed by atoms with Crippen molar-refractivity contribution in [3.63, 3.8) is 0 Å². The molecule has 0 N–H and O–H groups in total. The first-order valence-electron chi connectivity index (χ1n) is 9.96. The molecule has 0 saturated carbocycles. The van der Waals surface area contributed by atoms with E-state index in [4.69, 9.17) is 4.74 Å². The third-order valence-corrected chi connectivity index (χ3v) is 4.57. The molecule has 0 aliphatic carbocycles. The van der Waals surface area contributed by atoms with Crippen molar-refractivity contribution in [1.29, 1.82) is 0 Å². The van der Waals surface area contributed by atoms with Crippen molar-refractivity contribution in [1.82, 2.24) is 0 Å². The molecule has 28 heavy (non-hydrogen) atoms. The first-order valence-corrected chi connectivity index (χ1v) is 9.96. The smallest absolute Gasteiger partial charge is 0.339 e. The quantitative estimate of drug-likeness (QED) is 0.246. The second-order valence-corrected chi connectivity index (χ2v) is 6.81. The Bertz CT molecular complexity index is 772. The van der Waals surface area contributed by atoms with E-state index in [0.29, 0.717) is 24.8 Å². The molecule has 2 rings (SSSR count). The number of ether oxygens (including phenoxy) is 1. The summed E-state index contributed by atoms with van der Waals surface area (Å²) in [5, 5.41) is 0. The van der Waals surface area contributed by atoms with Crippen LogP contribution in [0, 0.1) is 17.8 Å². The molecule has 2 aromatic rings. The second-order valence-electron chi connectivity index (χ2n) is 6.81. The number of carbonyl (C=O) groups excluding carboxylic acids is 2. The van der Waals surface area contributed by atoms with E-state index in [9.17, 15) is 9.59 Å². The zero-order valence-electron chi connectivity index (χ0n) is 16.5. The van der Waals surface area contributed by atoms with E-state index in [1.807, 2.05) is 36.4 Å². The average Bonchev–Trinajstić information content (AvgIpc) is 2.74. The molecule has 2 aromatic carbocycles. The third kappa shape index (κ3) is 7.40. The van der Waals surface area contributed by atoms with Crippen molar-refractivity contribution in [2.24, 2.45) is 5.92 Å². The van der Waals surface area contributed by atoms with Crippen molar-refractivity contribution < 1.29 is 14.3 Å². The minimum Gasteiger partial charge on any atom is -0.445 e. The molecule has 2 unspecified atom stereocenters. The number of benzene rings is 2. The Balaban J connectivity index is 2.21. The average molecular weight is 376 g/mol. The number of hydrogen-bond acceptors (Lipinski definition) is 3. The summed E-state index contributed by atoms with van der Waals surface area (Å²) in [5.41, 5.74) is 1.66. The summed E-state index contributed by atoms with van der Waals surface area (Å²) in [5.74, 6) is 5.94. The Morgan fingerprint density at radius 2 is 1.75 bits per heavy atom. The summed E-state index contributed by atoms with van der Waals surface area (Å²) >= 11 is 0. The van der Waals surface area contributed by atoms with E-state index >= 15 is 0 Å². The van der Waals surface area contributed by atoms with Gasteiger partial charge in [-0.15, -0.1) is 0 Å². The van der Waals surface area contributed by atoms with Crippen molar-refractivity contribution in [3.05, 3.63) is 71.8 Å². The van der Waals surface area contributed by atoms with Gasteiger partial charge in [-0.1, -0.05) is 73.7 Å².